The summed E-state index contributed by atoms with van der Waals surface area (Å²) in [6, 6.07) is 13.8. The Bertz CT molecular complexity index is 1320. The van der Waals surface area contributed by atoms with Crippen LogP contribution in [-0.4, -0.2) is 47.3 Å². The Labute approximate surface area is 234 Å². The van der Waals surface area contributed by atoms with Gasteiger partial charge in [0.05, 0.1) is 28.9 Å². The summed E-state index contributed by atoms with van der Waals surface area (Å²) < 4.78 is 26.9. The van der Waals surface area contributed by atoms with Crippen molar-refractivity contribution in [1.82, 2.24) is 4.90 Å². The largest absolute Gasteiger partial charge is 0.481 e. The molecule has 204 valence electrons. The van der Waals surface area contributed by atoms with Crippen LogP contribution >= 0.6 is 23.2 Å². The third kappa shape index (κ3) is 5.47. The number of sulfone groups is 1. The zero-order valence-corrected chi connectivity index (χ0v) is 23.7. The molecule has 1 heterocycles. The Balaban J connectivity index is 1.67. The highest BCUT2D eigenvalue weighted by Crippen LogP contribution is 2.54. The molecule has 6 nitrogen and oxygen atoms in total. The summed E-state index contributed by atoms with van der Waals surface area (Å²) in [6.45, 7) is 1.70. The van der Waals surface area contributed by atoms with E-state index in [0.29, 0.717) is 29.3 Å². The van der Waals surface area contributed by atoms with Gasteiger partial charge in [-0.3, -0.25) is 9.59 Å². The third-order valence-corrected chi connectivity index (χ3v) is 11.4. The van der Waals surface area contributed by atoms with E-state index < -0.39 is 33.3 Å². The first-order valence-electron chi connectivity index (χ1n) is 13.3. The van der Waals surface area contributed by atoms with Crippen LogP contribution in [0.1, 0.15) is 75.0 Å². The number of piperidine rings is 1. The highest BCUT2D eigenvalue weighted by Gasteiger charge is 2.55. The number of carbonyl (C=O) groups is 2. The molecule has 1 amide bonds. The number of rotatable bonds is 9. The molecule has 1 aliphatic heterocycles. The SMILES string of the molecule is C[C@]1(CC(=O)O)CC(c2cccc(Cl)c2)[C@@H](c2ccc(Cl)cc2)N(C(CS(=O)(=O)C2CCC2)C2CC2)C1=O. The number of carboxylic acid groups (broad SMARTS) is 1. The Morgan fingerprint density at radius 1 is 1.05 bits per heavy atom. The van der Waals surface area contributed by atoms with Gasteiger partial charge in [-0.15, -0.1) is 0 Å². The maximum atomic E-state index is 14.4. The lowest BCUT2D eigenvalue weighted by Crippen LogP contribution is -2.58. The normalized spacial score (nSPS) is 27.1. The van der Waals surface area contributed by atoms with E-state index in [9.17, 15) is 23.1 Å². The number of amides is 1. The molecule has 3 fully saturated rings. The van der Waals surface area contributed by atoms with Crippen molar-refractivity contribution in [2.24, 2.45) is 11.3 Å². The molecular weight excluding hydrogens is 545 g/mol. The average Bonchev–Trinajstić information content (AvgIpc) is 3.63. The fraction of sp³-hybridized carbons (Fsp3) is 0.517. The van der Waals surface area contributed by atoms with Gasteiger partial charge in [0.25, 0.3) is 0 Å². The number of carbonyl (C=O) groups excluding carboxylic acids is 1. The van der Waals surface area contributed by atoms with Crippen molar-refractivity contribution < 1.29 is 23.1 Å². The van der Waals surface area contributed by atoms with Crippen LogP contribution in [0.2, 0.25) is 10.0 Å². The Morgan fingerprint density at radius 3 is 2.29 bits per heavy atom. The van der Waals surface area contributed by atoms with Crippen molar-refractivity contribution in [2.75, 3.05) is 5.75 Å². The number of carboxylic acids is 1. The second kappa shape index (κ2) is 10.5. The van der Waals surface area contributed by atoms with Crippen molar-refractivity contribution in [3.05, 3.63) is 69.7 Å². The molecule has 2 aliphatic carbocycles. The summed E-state index contributed by atoms with van der Waals surface area (Å²) in [5.74, 6) is -1.66. The smallest absolute Gasteiger partial charge is 0.304 e. The Hall–Kier alpha value is -2.09. The van der Waals surface area contributed by atoms with E-state index in [1.807, 2.05) is 30.3 Å². The minimum atomic E-state index is -3.41. The predicted octanol–water partition coefficient (Wildman–Crippen LogP) is 6.28. The van der Waals surface area contributed by atoms with E-state index in [1.165, 1.54) is 0 Å². The molecule has 2 aromatic carbocycles. The lowest BCUT2D eigenvalue weighted by atomic mass is 9.67. The fourth-order valence-corrected chi connectivity index (χ4v) is 8.83. The lowest BCUT2D eigenvalue weighted by molar-refractivity contribution is -0.160. The standard InChI is InChI=1S/C29H33Cl2NO5S/c1-29(16-26(33)34)15-24(20-4-2-5-22(31)14-20)27(19-10-12-21(30)13-11-19)32(28(29)35)25(18-8-9-18)17-38(36,37)23-6-3-7-23/h2,4-5,10-14,18,23-25,27H,3,6-9,15-17H2,1H3,(H,33,34)/t24?,25?,27-,29-/m1/s1. The van der Waals surface area contributed by atoms with Crippen LogP contribution in [0.3, 0.4) is 0 Å². The highest BCUT2D eigenvalue weighted by atomic mass is 35.5. The monoisotopic (exact) mass is 577 g/mol. The molecule has 0 spiro atoms. The van der Waals surface area contributed by atoms with Crippen molar-refractivity contribution in [3.63, 3.8) is 0 Å². The Morgan fingerprint density at radius 2 is 1.74 bits per heavy atom. The summed E-state index contributed by atoms with van der Waals surface area (Å²) in [5, 5.41) is 10.6. The molecule has 3 aliphatic rings. The van der Waals surface area contributed by atoms with E-state index in [4.69, 9.17) is 23.2 Å². The van der Waals surface area contributed by atoms with Crippen molar-refractivity contribution in [1.29, 1.82) is 0 Å². The summed E-state index contributed by atoms with van der Waals surface area (Å²) in [6.07, 6.45) is 3.89. The maximum Gasteiger partial charge on any atom is 0.304 e. The molecule has 5 rings (SSSR count). The van der Waals surface area contributed by atoms with E-state index in [0.717, 1.165) is 30.4 Å². The first kappa shape index (κ1) is 27.5. The highest BCUT2D eigenvalue weighted by molar-refractivity contribution is 7.92. The first-order valence-corrected chi connectivity index (χ1v) is 15.7. The van der Waals surface area contributed by atoms with Gasteiger partial charge < -0.3 is 10.0 Å². The number of hydrogen-bond acceptors (Lipinski definition) is 4. The van der Waals surface area contributed by atoms with E-state index in [2.05, 4.69) is 0 Å². The maximum absolute atomic E-state index is 14.4. The van der Waals surface area contributed by atoms with Gasteiger partial charge in [-0.05, 0) is 73.4 Å². The third-order valence-electron chi connectivity index (χ3n) is 8.62. The van der Waals surface area contributed by atoms with Crippen molar-refractivity contribution in [3.8, 4) is 0 Å². The number of halogens is 2. The Kier molecular flexibility index (Phi) is 7.57. The minimum Gasteiger partial charge on any atom is -0.481 e. The molecule has 4 atom stereocenters. The van der Waals surface area contributed by atoms with Crippen molar-refractivity contribution >= 4 is 44.9 Å². The number of nitrogens with zero attached hydrogens (tertiary/aromatic N) is 1. The predicted molar refractivity (Wildman–Crippen MR) is 148 cm³/mol. The number of hydrogen-bond donors (Lipinski definition) is 1. The molecular formula is C29H33Cl2NO5S. The molecule has 2 unspecified atom stereocenters. The van der Waals surface area contributed by atoms with Crippen LogP contribution in [0.4, 0.5) is 0 Å². The number of benzene rings is 2. The summed E-state index contributed by atoms with van der Waals surface area (Å²) >= 11 is 12.6. The summed E-state index contributed by atoms with van der Waals surface area (Å²) in [4.78, 5) is 28.2. The molecule has 2 aromatic rings. The van der Waals surface area contributed by atoms with E-state index >= 15 is 0 Å². The minimum absolute atomic E-state index is 0.0655. The van der Waals surface area contributed by atoms with Gasteiger partial charge in [-0.1, -0.05) is 60.8 Å². The van der Waals surface area contributed by atoms with Gasteiger partial charge >= 0.3 is 5.97 Å². The summed E-state index contributed by atoms with van der Waals surface area (Å²) in [5.41, 5.74) is 0.537. The molecule has 2 saturated carbocycles. The second-order valence-electron chi connectivity index (χ2n) is 11.5. The average molecular weight is 579 g/mol. The molecule has 38 heavy (non-hydrogen) atoms. The molecule has 1 saturated heterocycles. The molecule has 0 aromatic heterocycles. The number of aliphatic carboxylic acids is 1. The fourth-order valence-electron chi connectivity index (χ4n) is 6.27. The van der Waals surface area contributed by atoms with Crippen LogP contribution in [0.5, 0.6) is 0 Å². The zero-order chi connectivity index (χ0) is 27.2. The number of likely N-dealkylation sites (tertiary alicyclic amines) is 1. The van der Waals surface area contributed by atoms with Gasteiger partial charge in [-0.2, -0.15) is 0 Å². The van der Waals surface area contributed by atoms with Gasteiger partial charge in [0.2, 0.25) is 5.91 Å². The van der Waals surface area contributed by atoms with Gasteiger partial charge in [-0.25, -0.2) is 8.42 Å². The van der Waals surface area contributed by atoms with Crippen LogP contribution in [-0.2, 0) is 19.4 Å². The van der Waals surface area contributed by atoms with E-state index in [-0.39, 0.29) is 35.2 Å². The molecule has 9 heteroatoms. The molecule has 0 bridgehead atoms. The van der Waals surface area contributed by atoms with Crippen molar-refractivity contribution in [2.45, 2.75) is 75.1 Å². The topological polar surface area (TPSA) is 91.8 Å². The van der Waals surface area contributed by atoms with Gasteiger partial charge in [0.15, 0.2) is 9.84 Å². The first-order chi connectivity index (χ1) is 18.0. The quantitative estimate of drug-likeness (QED) is 0.378. The van der Waals surface area contributed by atoms with Crippen LogP contribution in [0, 0.1) is 11.3 Å². The molecule has 1 N–H and O–H groups in total. The van der Waals surface area contributed by atoms with E-state index in [1.54, 1.807) is 30.0 Å². The molecule has 0 radical (unpaired) electrons. The van der Waals surface area contributed by atoms with Crippen LogP contribution in [0.25, 0.3) is 0 Å². The zero-order valence-electron chi connectivity index (χ0n) is 21.4. The second-order valence-corrected chi connectivity index (χ2v) is 14.7. The van der Waals surface area contributed by atoms with Crippen LogP contribution < -0.4 is 0 Å². The van der Waals surface area contributed by atoms with Gasteiger partial charge in [0.1, 0.15) is 0 Å². The van der Waals surface area contributed by atoms with Gasteiger partial charge in [0, 0.05) is 22.0 Å². The summed E-state index contributed by atoms with van der Waals surface area (Å²) in [7, 11) is -3.41. The van der Waals surface area contributed by atoms with Crippen LogP contribution in [0.15, 0.2) is 48.5 Å². The lowest BCUT2D eigenvalue weighted by Gasteiger charge is -2.52.